The van der Waals surface area contributed by atoms with E-state index in [2.05, 4.69) is 9.97 Å². The van der Waals surface area contributed by atoms with Crippen molar-refractivity contribution in [3.8, 4) is 0 Å². The van der Waals surface area contributed by atoms with Crippen LogP contribution in [0.15, 0.2) is 30.5 Å². The number of likely N-dealkylation sites (tertiary alicyclic amines) is 1. The number of aryl methyl sites for hydroxylation is 1. The first-order valence-electron chi connectivity index (χ1n) is 9.00. The molecule has 1 aliphatic heterocycles. The summed E-state index contributed by atoms with van der Waals surface area (Å²) in [7, 11) is 3.72. The number of carboxylic acid groups (broad SMARTS) is 1. The number of benzene rings is 1. The second-order valence-corrected chi connectivity index (χ2v) is 7.08. The normalized spacial score (nSPS) is 16.9. The number of hydrogen-bond donors (Lipinski definition) is 1. The summed E-state index contributed by atoms with van der Waals surface area (Å²) < 4.78 is 0. The van der Waals surface area contributed by atoms with Gasteiger partial charge in [-0.1, -0.05) is 12.1 Å². The maximum absolute atomic E-state index is 13.0. The van der Waals surface area contributed by atoms with E-state index in [9.17, 15) is 14.7 Å². The second kappa shape index (κ2) is 7.73. The lowest BCUT2D eigenvalue weighted by Crippen LogP contribution is -2.39. The first-order valence-corrected chi connectivity index (χ1v) is 9.00. The Balaban J connectivity index is 1.79. The third-order valence-corrected chi connectivity index (χ3v) is 4.91. The number of hydrogen-bond acceptors (Lipinski definition) is 5. The van der Waals surface area contributed by atoms with Gasteiger partial charge in [0.25, 0.3) is 5.91 Å². The molecule has 1 aromatic carbocycles. The summed E-state index contributed by atoms with van der Waals surface area (Å²) in [5.74, 6) is -0.304. The van der Waals surface area contributed by atoms with E-state index in [4.69, 9.17) is 0 Å². The molecule has 1 aromatic heterocycles. The van der Waals surface area contributed by atoms with E-state index in [0.29, 0.717) is 30.3 Å². The summed E-state index contributed by atoms with van der Waals surface area (Å²) in [6, 6.07) is 6.99. The summed E-state index contributed by atoms with van der Waals surface area (Å²) in [5.41, 5.74) is 2.41. The predicted molar refractivity (Wildman–Crippen MR) is 102 cm³/mol. The topological polar surface area (TPSA) is 86.6 Å². The van der Waals surface area contributed by atoms with Crippen LogP contribution in [0.25, 0.3) is 0 Å². The number of piperidine rings is 1. The van der Waals surface area contributed by atoms with Gasteiger partial charge in [-0.2, -0.15) is 0 Å². The molecule has 1 aliphatic rings. The fraction of sp³-hybridized carbons (Fsp3) is 0.400. The fourth-order valence-electron chi connectivity index (χ4n) is 3.41. The number of aromatic nitrogens is 2. The minimum absolute atomic E-state index is 0.0723. The molecule has 0 aliphatic carbocycles. The first kappa shape index (κ1) is 18.8. The average molecular weight is 368 g/mol. The van der Waals surface area contributed by atoms with Crippen LogP contribution in [0.1, 0.15) is 50.7 Å². The van der Waals surface area contributed by atoms with Crippen LogP contribution in [0.4, 0.5) is 5.95 Å². The largest absolute Gasteiger partial charge is 0.478 e. The van der Waals surface area contributed by atoms with Gasteiger partial charge in [0.05, 0.1) is 16.8 Å². The number of carbonyl (C=O) groups is 2. The SMILES string of the molecule is Cc1nc(N(C)C)ncc1C(=O)N1CCCC(c2cccc(C(=O)O)c2)C1. The van der Waals surface area contributed by atoms with Crippen molar-refractivity contribution in [2.24, 2.45) is 0 Å². The molecule has 0 radical (unpaired) electrons. The number of aromatic carboxylic acids is 1. The fourth-order valence-corrected chi connectivity index (χ4v) is 3.41. The van der Waals surface area contributed by atoms with Gasteiger partial charge in [-0.3, -0.25) is 4.79 Å². The predicted octanol–water partition coefficient (Wildman–Crippen LogP) is 2.57. The van der Waals surface area contributed by atoms with Crippen molar-refractivity contribution in [1.82, 2.24) is 14.9 Å². The molecule has 3 rings (SSSR count). The Morgan fingerprint density at radius 2 is 2.07 bits per heavy atom. The van der Waals surface area contributed by atoms with Crippen LogP contribution in [-0.2, 0) is 0 Å². The van der Waals surface area contributed by atoms with Gasteiger partial charge in [-0.25, -0.2) is 14.8 Å². The molecule has 2 aromatic rings. The van der Waals surface area contributed by atoms with Gasteiger partial charge in [0.1, 0.15) is 0 Å². The molecule has 0 bridgehead atoms. The number of carbonyl (C=O) groups excluding carboxylic acids is 1. The van der Waals surface area contributed by atoms with Crippen molar-refractivity contribution < 1.29 is 14.7 Å². The highest BCUT2D eigenvalue weighted by atomic mass is 16.4. The van der Waals surface area contributed by atoms with Gasteiger partial charge in [-0.05, 0) is 37.5 Å². The lowest BCUT2D eigenvalue weighted by molar-refractivity contribution is 0.0687. The van der Waals surface area contributed by atoms with E-state index in [1.165, 1.54) is 0 Å². The molecule has 1 fully saturated rings. The van der Waals surface area contributed by atoms with Crippen molar-refractivity contribution in [1.29, 1.82) is 0 Å². The van der Waals surface area contributed by atoms with E-state index < -0.39 is 5.97 Å². The van der Waals surface area contributed by atoms with Gasteiger partial charge in [0.15, 0.2) is 0 Å². The van der Waals surface area contributed by atoms with Crippen molar-refractivity contribution >= 4 is 17.8 Å². The summed E-state index contributed by atoms with van der Waals surface area (Å²) in [4.78, 5) is 36.5. The standard InChI is InChI=1S/C20H24N4O3/c1-13-17(11-21-20(22-13)23(2)3)18(25)24-9-5-8-16(12-24)14-6-4-7-15(10-14)19(26)27/h4,6-7,10-11,16H,5,8-9,12H2,1-3H3,(H,26,27). The van der Waals surface area contributed by atoms with Crippen molar-refractivity contribution in [3.05, 3.63) is 52.8 Å². The van der Waals surface area contributed by atoms with Crippen LogP contribution >= 0.6 is 0 Å². The molecule has 0 saturated carbocycles. The van der Waals surface area contributed by atoms with E-state index in [1.807, 2.05) is 32.0 Å². The quantitative estimate of drug-likeness (QED) is 0.893. The molecular weight excluding hydrogens is 344 g/mol. The van der Waals surface area contributed by atoms with E-state index >= 15 is 0 Å². The van der Waals surface area contributed by atoms with Crippen LogP contribution in [-0.4, -0.2) is 59.0 Å². The smallest absolute Gasteiger partial charge is 0.335 e. The molecule has 7 nitrogen and oxygen atoms in total. The Hall–Kier alpha value is -2.96. The first-order chi connectivity index (χ1) is 12.9. The molecule has 1 atom stereocenters. The Labute approximate surface area is 158 Å². The highest BCUT2D eigenvalue weighted by Crippen LogP contribution is 2.28. The third kappa shape index (κ3) is 4.07. The van der Waals surface area contributed by atoms with E-state index in [1.54, 1.807) is 29.3 Å². The molecule has 142 valence electrons. The van der Waals surface area contributed by atoms with Crippen molar-refractivity contribution in [3.63, 3.8) is 0 Å². The Morgan fingerprint density at radius 3 is 2.74 bits per heavy atom. The Kier molecular flexibility index (Phi) is 5.39. The van der Waals surface area contributed by atoms with E-state index in [0.717, 1.165) is 18.4 Å². The van der Waals surface area contributed by atoms with Crippen molar-refractivity contribution in [2.75, 3.05) is 32.1 Å². The average Bonchev–Trinajstić information content (AvgIpc) is 2.67. The number of carboxylic acids is 1. The highest BCUT2D eigenvalue weighted by Gasteiger charge is 2.27. The summed E-state index contributed by atoms with van der Waals surface area (Å²) in [6.07, 6.45) is 3.40. The second-order valence-electron chi connectivity index (χ2n) is 7.08. The highest BCUT2D eigenvalue weighted by molar-refractivity contribution is 5.95. The molecule has 7 heteroatoms. The molecule has 2 heterocycles. The lowest BCUT2D eigenvalue weighted by atomic mass is 9.89. The Morgan fingerprint density at radius 1 is 1.30 bits per heavy atom. The number of amides is 1. The summed E-state index contributed by atoms with van der Waals surface area (Å²) >= 11 is 0. The molecular formula is C20H24N4O3. The van der Waals surface area contributed by atoms with Crippen LogP contribution in [0.5, 0.6) is 0 Å². The minimum Gasteiger partial charge on any atom is -0.478 e. The zero-order chi connectivity index (χ0) is 19.6. The van der Waals surface area contributed by atoms with Gasteiger partial charge in [-0.15, -0.1) is 0 Å². The van der Waals surface area contributed by atoms with Gasteiger partial charge in [0.2, 0.25) is 5.95 Å². The van der Waals surface area contributed by atoms with Crippen LogP contribution in [0, 0.1) is 6.92 Å². The number of nitrogens with zero attached hydrogens (tertiary/aromatic N) is 4. The maximum atomic E-state index is 13.0. The summed E-state index contributed by atoms with van der Waals surface area (Å²) in [5, 5.41) is 9.21. The lowest BCUT2D eigenvalue weighted by Gasteiger charge is -2.33. The van der Waals surface area contributed by atoms with Gasteiger partial charge >= 0.3 is 5.97 Å². The van der Waals surface area contributed by atoms with E-state index in [-0.39, 0.29) is 17.4 Å². The number of rotatable bonds is 4. The minimum atomic E-state index is -0.936. The maximum Gasteiger partial charge on any atom is 0.335 e. The van der Waals surface area contributed by atoms with Crippen LogP contribution < -0.4 is 4.90 Å². The Bertz CT molecular complexity index is 866. The molecule has 1 saturated heterocycles. The van der Waals surface area contributed by atoms with Gasteiger partial charge < -0.3 is 14.9 Å². The van der Waals surface area contributed by atoms with Gasteiger partial charge in [0, 0.05) is 39.3 Å². The van der Waals surface area contributed by atoms with Crippen LogP contribution in [0.3, 0.4) is 0 Å². The number of anilines is 1. The van der Waals surface area contributed by atoms with Crippen LogP contribution in [0.2, 0.25) is 0 Å². The third-order valence-electron chi connectivity index (χ3n) is 4.91. The zero-order valence-corrected chi connectivity index (χ0v) is 15.8. The molecule has 1 amide bonds. The summed E-state index contributed by atoms with van der Waals surface area (Å²) in [6.45, 7) is 3.07. The molecule has 1 unspecified atom stereocenters. The zero-order valence-electron chi connectivity index (χ0n) is 15.8. The molecule has 0 spiro atoms. The molecule has 27 heavy (non-hydrogen) atoms. The molecule has 1 N–H and O–H groups in total. The monoisotopic (exact) mass is 368 g/mol. The van der Waals surface area contributed by atoms with Crippen molar-refractivity contribution in [2.45, 2.75) is 25.7 Å².